The van der Waals surface area contributed by atoms with Crippen molar-refractivity contribution < 1.29 is 14.7 Å². The average Bonchev–Trinajstić information content (AvgIpc) is 2.57. The smallest absolute Gasteiger partial charge is 0.327 e. The molecule has 1 aromatic heterocycles. The second kappa shape index (κ2) is 5.90. The SMILES string of the molecule is CSCC[C@@H](C(=O)O)n1c(C)c(C(C)=O)[nH]c1=O. The Balaban J connectivity index is 3.24. The first-order valence-electron chi connectivity index (χ1n) is 5.44. The fourth-order valence-electron chi connectivity index (χ4n) is 1.84. The Kier molecular flexibility index (Phi) is 4.77. The number of nitrogens with one attached hydrogen (secondary N) is 1. The molecule has 0 bridgehead atoms. The molecule has 0 radical (unpaired) electrons. The van der Waals surface area contributed by atoms with Crippen LogP contribution in [0.3, 0.4) is 0 Å². The normalized spacial score (nSPS) is 12.4. The zero-order valence-electron chi connectivity index (χ0n) is 10.5. The number of aliphatic carboxylic acids is 1. The third-order valence-corrected chi connectivity index (χ3v) is 3.36. The summed E-state index contributed by atoms with van der Waals surface area (Å²) in [5.41, 5.74) is 0.00241. The van der Waals surface area contributed by atoms with Gasteiger partial charge < -0.3 is 10.1 Å². The van der Waals surface area contributed by atoms with Crippen molar-refractivity contribution in [2.45, 2.75) is 26.3 Å². The first kappa shape index (κ1) is 14.6. The van der Waals surface area contributed by atoms with E-state index in [2.05, 4.69) is 4.98 Å². The minimum Gasteiger partial charge on any atom is -0.480 e. The Bertz CT molecular complexity index is 518. The van der Waals surface area contributed by atoms with Gasteiger partial charge in [-0.1, -0.05) is 0 Å². The fraction of sp³-hybridized carbons (Fsp3) is 0.545. The van der Waals surface area contributed by atoms with Crippen LogP contribution in [0.2, 0.25) is 0 Å². The number of carboxylic acid groups (broad SMARTS) is 1. The molecule has 1 atom stereocenters. The van der Waals surface area contributed by atoms with Crippen molar-refractivity contribution in [2.24, 2.45) is 0 Å². The maximum Gasteiger partial charge on any atom is 0.327 e. The zero-order valence-corrected chi connectivity index (χ0v) is 11.3. The summed E-state index contributed by atoms with van der Waals surface area (Å²) >= 11 is 1.51. The van der Waals surface area contributed by atoms with Gasteiger partial charge in [0.25, 0.3) is 0 Å². The minimum absolute atomic E-state index is 0.176. The Labute approximate surface area is 108 Å². The van der Waals surface area contributed by atoms with Crippen molar-refractivity contribution >= 4 is 23.5 Å². The number of imidazole rings is 1. The Morgan fingerprint density at radius 1 is 1.50 bits per heavy atom. The lowest BCUT2D eigenvalue weighted by Gasteiger charge is -2.14. The number of hydrogen-bond donors (Lipinski definition) is 2. The first-order chi connectivity index (χ1) is 8.40. The van der Waals surface area contributed by atoms with E-state index in [1.54, 1.807) is 6.92 Å². The van der Waals surface area contributed by atoms with E-state index in [9.17, 15) is 19.5 Å². The van der Waals surface area contributed by atoms with Crippen LogP contribution in [-0.4, -0.2) is 38.4 Å². The molecule has 1 heterocycles. The third kappa shape index (κ3) is 2.84. The molecule has 0 saturated carbocycles. The van der Waals surface area contributed by atoms with Crippen LogP contribution in [-0.2, 0) is 4.79 Å². The lowest BCUT2D eigenvalue weighted by Crippen LogP contribution is -2.29. The van der Waals surface area contributed by atoms with Crippen LogP contribution in [0, 0.1) is 6.92 Å². The molecule has 0 aromatic carbocycles. The number of thioether (sulfide) groups is 1. The molecule has 18 heavy (non-hydrogen) atoms. The van der Waals surface area contributed by atoms with Crippen LogP contribution in [0.25, 0.3) is 0 Å². The van der Waals surface area contributed by atoms with Crippen LogP contribution >= 0.6 is 11.8 Å². The summed E-state index contributed by atoms with van der Waals surface area (Å²) in [4.78, 5) is 36.7. The number of ketones is 1. The lowest BCUT2D eigenvalue weighted by molar-refractivity contribution is -0.141. The molecule has 0 saturated heterocycles. The van der Waals surface area contributed by atoms with Gasteiger partial charge in [0.05, 0.1) is 0 Å². The molecule has 0 aliphatic rings. The summed E-state index contributed by atoms with van der Waals surface area (Å²) in [6.07, 6.45) is 2.21. The van der Waals surface area contributed by atoms with Gasteiger partial charge >= 0.3 is 11.7 Å². The zero-order chi connectivity index (χ0) is 13.9. The highest BCUT2D eigenvalue weighted by Gasteiger charge is 2.25. The standard InChI is InChI=1S/C11H16N2O4S/c1-6-9(7(2)14)12-11(17)13(6)8(10(15)16)4-5-18-3/h8H,4-5H2,1-3H3,(H,12,17)(H,15,16)/t8-/m0/s1. The molecule has 1 aromatic rings. The van der Waals surface area contributed by atoms with Gasteiger partial charge in [0, 0.05) is 12.6 Å². The highest BCUT2D eigenvalue weighted by Crippen LogP contribution is 2.17. The van der Waals surface area contributed by atoms with Crippen molar-refractivity contribution in [1.29, 1.82) is 0 Å². The van der Waals surface area contributed by atoms with E-state index >= 15 is 0 Å². The van der Waals surface area contributed by atoms with Crippen molar-refractivity contribution in [3.8, 4) is 0 Å². The molecule has 0 unspecified atom stereocenters. The van der Waals surface area contributed by atoms with Gasteiger partial charge in [-0.3, -0.25) is 9.36 Å². The van der Waals surface area contributed by atoms with Gasteiger partial charge in [0.1, 0.15) is 11.7 Å². The summed E-state index contributed by atoms with van der Waals surface area (Å²) in [6.45, 7) is 2.91. The van der Waals surface area contributed by atoms with E-state index in [0.717, 1.165) is 4.57 Å². The summed E-state index contributed by atoms with van der Waals surface area (Å²) in [5.74, 6) is -0.718. The highest BCUT2D eigenvalue weighted by atomic mass is 32.2. The van der Waals surface area contributed by atoms with Gasteiger partial charge in [-0.25, -0.2) is 9.59 Å². The number of carbonyl (C=O) groups is 2. The van der Waals surface area contributed by atoms with E-state index in [1.165, 1.54) is 18.7 Å². The van der Waals surface area contributed by atoms with Crippen molar-refractivity contribution in [3.63, 3.8) is 0 Å². The summed E-state index contributed by atoms with van der Waals surface area (Å²) in [5, 5.41) is 9.18. The molecule has 1 rings (SSSR count). The van der Waals surface area contributed by atoms with E-state index in [4.69, 9.17) is 0 Å². The number of nitrogens with zero attached hydrogens (tertiary/aromatic N) is 1. The second-order valence-corrected chi connectivity index (χ2v) is 4.94. The Hall–Kier alpha value is -1.50. The number of aromatic nitrogens is 2. The molecule has 0 aliphatic carbocycles. The van der Waals surface area contributed by atoms with E-state index in [1.807, 2.05) is 6.26 Å². The van der Waals surface area contributed by atoms with Crippen LogP contribution in [0.5, 0.6) is 0 Å². The number of Topliss-reactive ketones (excluding diaryl/α,β-unsaturated/α-hetero) is 1. The fourth-order valence-corrected chi connectivity index (χ4v) is 2.30. The number of rotatable bonds is 6. The van der Waals surface area contributed by atoms with Gasteiger partial charge in [-0.15, -0.1) is 0 Å². The molecule has 2 N–H and O–H groups in total. The van der Waals surface area contributed by atoms with Crippen LogP contribution in [0.4, 0.5) is 0 Å². The number of aromatic amines is 1. The monoisotopic (exact) mass is 272 g/mol. The lowest BCUT2D eigenvalue weighted by atomic mass is 10.2. The van der Waals surface area contributed by atoms with E-state index in [-0.39, 0.29) is 11.5 Å². The second-order valence-electron chi connectivity index (χ2n) is 3.95. The van der Waals surface area contributed by atoms with Crippen LogP contribution in [0.15, 0.2) is 4.79 Å². The number of H-pyrrole nitrogens is 1. The average molecular weight is 272 g/mol. The van der Waals surface area contributed by atoms with Crippen molar-refractivity contribution in [3.05, 3.63) is 21.9 Å². The van der Waals surface area contributed by atoms with Crippen LogP contribution in [0.1, 0.15) is 35.6 Å². The molecule has 0 aliphatic heterocycles. The maximum atomic E-state index is 11.8. The number of carbonyl (C=O) groups excluding carboxylic acids is 1. The molecule has 0 amide bonds. The van der Waals surface area contributed by atoms with Crippen molar-refractivity contribution in [1.82, 2.24) is 9.55 Å². The number of hydrogen-bond acceptors (Lipinski definition) is 4. The molecule has 0 spiro atoms. The first-order valence-corrected chi connectivity index (χ1v) is 6.83. The largest absolute Gasteiger partial charge is 0.480 e. The molecular weight excluding hydrogens is 256 g/mol. The highest BCUT2D eigenvalue weighted by molar-refractivity contribution is 7.98. The van der Waals surface area contributed by atoms with Crippen molar-refractivity contribution in [2.75, 3.05) is 12.0 Å². The summed E-state index contributed by atoms with van der Waals surface area (Å²) in [6, 6.07) is -0.936. The molecule has 7 heteroatoms. The van der Waals surface area contributed by atoms with Gasteiger partial charge in [0.2, 0.25) is 0 Å². The van der Waals surface area contributed by atoms with E-state index < -0.39 is 17.7 Å². The molecule has 100 valence electrons. The Morgan fingerprint density at radius 2 is 2.11 bits per heavy atom. The van der Waals surface area contributed by atoms with Gasteiger partial charge in [-0.2, -0.15) is 11.8 Å². The molecule has 0 fully saturated rings. The predicted octanol–water partition coefficient (Wildman–Crippen LogP) is 1.07. The Morgan fingerprint density at radius 3 is 2.50 bits per heavy atom. The summed E-state index contributed by atoms with van der Waals surface area (Å²) in [7, 11) is 0. The third-order valence-electron chi connectivity index (χ3n) is 2.72. The topological polar surface area (TPSA) is 92.2 Å². The van der Waals surface area contributed by atoms with Gasteiger partial charge in [-0.05, 0) is 25.4 Å². The molecule has 6 nitrogen and oxygen atoms in total. The summed E-state index contributed by atoms with van der Waals surface area (Å²) < 4.78 is 1.15. The quantitative estimate of drug-likeness (QED) is 0.756. The predicted molar refractivity (Wildman–Crippen MR) is 69.5 cm³/mol. The van der Waals surface area contributed by atoms with Crippen LogP contribution < -0.4 is 5.69 Å². The molecular formula is C11H16N2O4S. The van der Waals surface area contributed by atoms with E-state index in [0.29, 0.717) is 17.9 Å². The minimum atomic E-state index is -1.07. The maximum absolute atomic E-state index is 11.8. The number of carboxylic acids is 1. The van der Waals surface area contributed by atoms with Gasteiger partial charge in [0.15, 0.2) is 5.78 Å².